The molecule has 8 nitrogen and oxygen atoms in total. The Bertz CT molecular complexity index is 485. The van der Waals surface area contributed by atoms with Crippen molar-refractivity contribution in [2.75, 3.05) is 18.4 Å². The number of aromatic nitrogens is 1. The summed E-state index contributed by atoms with van der Waals surface area (Å²) in [6.07, 6.45) is 2.10. The fourth-order valence-electron chi connectivity index (χ4n) is 1.36. The number of nitrogens with one attached hydrogen (secondary N) is 2. The van der Waals surface area contributed by atoms with E-state index in [-0.39, 0.29) is 12.2 Å². The summed E-state index contributed by atoms with van der Waals surface area (Å²) in [6.45, 7) is 5.93. The molecule has 0 atom stereocenters. The molecule has 0 saturated carbocycles. The SMILES string of the molecule is CC(C)(C)OC(=O)NCCNc1ccncc1[N+](=O)[O-]. The fourth-order valence-corrected chi connectivity index (χ4v) is 1.36. The van der Waals surface area contributed by atoms with Crippen LogP contribution >= 0.6 is 0 Å². The van der Waals surface area contributed by atoms with Crippen LogP contribution in [-0.4, -0.2) is 34.7 Å². The third kappa shape index (κ3) is 5.51. The van der Waals surface area contributed by atoms with E-state index in [9.17, 15) is 14.9 Å². The molecule has 8 heteroatoms. The molecule has 0 unspecified atom stereocenters. The van der Waals surface area contributed by atoms with Crippen molar-refractivity contribution < 1.29 is 14.5 Å². The van der Waals surface area contributed by atoms with Crippen LogP contribution in [0.3, 0.4) is 0 Å². The molecule has 0 bridgehead atoms. The standard InChI is InChI=1S/C12H18N4O4/c1-12(2,3)20-11(17)15-7-6-14-9-4-5-13-8-10(9)16(18)19/h4-5,8H,6-7H2,1-3H3,(H,13,14)(H,15,17). The maximum absolute atomic E-state index is 11.4. The minimum Gasteiger partial charge on any atom is -0.444 e. The van der Waals surface area contributed by atoms with E-state index in [4.69, 9.17) is 4.74 Å². The van der Waals surface area contributed by atoms with Crippen LogP contribution in [0, 0.1) is 10.1 Å². The van der Waals surface area contributed by atoms with Gasteiger partial charge in [0.1, 0.15) is 17.5 Å². The van der Waals surface area contributed by atoms with E-state index in [1.165, 1.54) is 18.5 Å². The zero-order chi connectivity index (χ0) is 15.2. The van der Waals surface area contributed by atoms with E-state index >= 15 is 0 Å². The summed E-state index contributed by atoms with van der Waals surface area (Å²) in [6, 6.07) is 1.51. The van der Waals surface area contributed by atoms with Gasteiger partial charge in [-0.15, -0.1) is 0 Å². The van der Waals surface area contributed by atoms with Crippen LogP contribution in [-0.2, 0) is 4.74 Å². The predicted molar refractivity (Wildman–Crippen MR) is 73.6 cm³/mol. The van der Waals surface area contributed by atoms with Gasteiger partial charge in [-0.25, -0.2) is 4.79 Å². The smallest absolute Gasteiger partial charge is 0.407 e. The summed E-state index contributed by atoms with van der Waals surface area (Å²) in [7, 11) is 0. The number of ether oxygens (including phenoxy) is 1. The van der Waals surface area contributed by atoms with E-state index in [0.29, 0.717) is 12.2 Å². The molecule has 1 amide bonds. The number of anilines is 1. The number of amides is 1. The lowest BCUT2D eigenvalue weighted by atomic mass is 10.2. The summed E-state index contributed by atoms with van der Waals surface area (Å²) >= 11 is 0. The van der Waals surface area contributed by atoms with Gasteiger partial charge in [0, 0.05) is 19.3 Å². The van der Waals surface area contributed by atoms with Crippen molar-refractivity contribution in [3.05, 3.63) is 28.6 Å². The van der Waals surface area contributed by atoms with Crippen molar-refractivity contribution in [3.8, 4) is 0 Å². The summed E-state index contributed by atoms with van der Waals surface area (Å²) in [5.41, 5.74) is -0.303. The van der Waals surface area contributed by atoms with E-state index in [0.717, 1.165) is 0 Å². The molecule has 1 heterocycles. The fraction of sp³-hybridized carbons (Fsp3) is 0.500. The van der Waals surface area contributed by atoms with Crippen molar-refractivity contribution in [2.45, 2.75) is 26.4 Å². The van der Waals surface area contributed by atoms with Gasteiger partial charge in [-0.3, -0.25) is 15.1 Å². The van der Waals surface area contributed by atoms with E-state index in [1.807, 2.05) is 0 Å². The normalized spacial score (nSPS) is 10.8. The van der Waals surface area contributed by atoms with Gasteiger partial charge >= 0.3 is 11.8 Å². The van der Waals surface area contributed by atoms with Crippen LogP contribution in [0.4, 0.5) is 16.2 Å². The van der Waals surface area contributed by atoms with Crippen LogP contribution in [0.15, 0.2) is 18.5 Å². The van der Waals surface area contributed by atoms with E-state index in [1.54, 1.807) is 20.8 Å². The zero-order valence-corrected chi connectivity index (χ0v) is 11.7. The molecule has 0 aliphatic rings. The highest BCUT2D eigenvalue weighted by Crippen LogP contribution is 2.21. The van der Waals surface area contributed by atoms with Crippen molar-refractivity contribution >= 4 is 17.5 Å². The average Bonchev–Trinajstić information content (AvgIpc) is 2.33. The van der Waals surface area contributed by atoms with Crippen molar-refractivity contribution in [1.82, 2.24) is 10.3 Å². The number of alkyl carbamates (subject to hydrolysis) is 1. The highest BCUT2D eigenvalue weighted by atomic mass is 16.6. The number of nitro groups is 1. The van der Waals surface area contributed by atoms with Crippen LogP contribution < -0.4 is 10.6 Å². The van der Waals surface area contributed by atoms with Gasteiger partial charge in [-0.1, -0.05) is 0 Å². The second kappa shape index (κ2) is 6.69. The number of hydrogen-bond donors (Lipinski definition) is 2. The Balaban J connectivity index is 2.39. The number of carbonyl (C=O) groups is 1. The molecular weight excluding hydrogens is 264 g/mol. The predicted octanol–water partition coefficient (Wildman–Crippen LogP) is 1.93. The topological polar surface area (TPSA) is 106 Å². The molecule has 0 aliphatic heterocycles. The maximum Gasteiger partial charge on any atom is 0.407 e. The molecule has 1 aromatic rings. The maximum atomic E-state index is 11.4. The Labute approximate surface area is 116 Å². The Morgan fingerprint density at radius 1 is 1.45 bits per heavy atom. The first-order chi connectivity index (χ1) is 9.29. The van der Waals surface area contributed by atoms with Gasteiger partial charge < -0.3 is 15.4 Å². The second-order valence-electron chi connectivity index (χ2n) is 5.01. The highest BCUT2D eigenvalue weighted by Gasteiger charge is 2.16. The van der Waals surface area contributed by atoms with Gasteiger partial charge in [0.2, 0.25) is 0 Å². The summed E-state index contributed by atoms with van der Waals surface area (Å²) < 4.78 is 5.06. The Hall–Kier alpha value is -2.38. The average molecular weight is 282 g/mol. The summed E-state index contributed by atoms with van der Waals surface area (Å²) in [4.78, 5) is 25.3. The van der Waals surface area contributed by atoms with Crippen molar-refractivity contribution in [2.24, 2.45) is 0 Å². The molecule has 1 aromatic heterocycles. The number of nitrogens with zero attached hydrogens (tertiary/aromatic N) is 2. The molecule has 0 aromatic carbocycles. The Morgan fingerprint density at radius 3 is 2.75 bits per heavy atom. The molecular formula is C12H18N4O4. The molecule has 0 fully saturated rings. The largest absolute Gasteiger partial charge is 0.444 e. The molecule has 110 valence electrons. The molecule has 1 rings (SSSR count). The van der Waals surface area contributed by atoms with Crippen LogP contribution in [0.5, 0.6) is 0 Å². The third-order valence-corrected chi connectivity index (χ3v) is 2.11. The van der Waals surface area contributed by atoms with E-state index < -0.39 is 16.6 Å². The molecule has 0 saturated heterocycles. The lowest BCUT2D eigenvalue weighted by Crippen LogP contribution is -2.35. The molecule has 20 heavy (non-hydrogen) atoms. The number of hydrogen-bond acceptors (Lipinski definition) is 6. The van der Waals surface area contributed by atoms with Crippen LogP contribution in [0.1, 0.15) is 20.8 Å². The first-order valence-electron chi connectivity index (χ1n) is 6.09. The first-order valence-corrected chi connectivity index (χ1v) is 6.09. The number of rotatable bonds is 5. The minimum absolute atomic E-state index is 0.107. The monoisotopic (exact) mass is 282 g/mol. The minimum atomic E-state index is -0.554. The van der Waals surface area contributed by atoms with Gasteiger partial charge in [0.25, 0.3) is 0 Å². The summed E-state index contributed by atoms with van der Waals surface area (Å²) in [5.74, 6) is 0. The number of carbonyl (C=O) groups excluding carboxylic acids is 1. The zero-order valence-electron chi connectivity index (χ0n) is 11.7. The molecule has 0 spiro atoms. The Kier molecular flexibility index (Phi) is 5.24. The lowest BCUT2D eigenvalue weighted by molar-refractivity contribution is -0.384. The molecule has 2 N–H and O–H groups in total. The number of pyridine rings is 1. The molecule has 0 radical (unpaired) electrons. The van der Waals surface area contributed by atoms with E-state index in [2.05, 4.69) is 15.6 Å². The van der Waals surface area contributed by atoms with Gasteiger partial charge in [0.15, 0.2) is 0 Å². The van der Waals surface area contributed by atoms with Gasteiger partial charge in [-0.2, -0.15) is 0 Å². The second-order valence-corrected chi connectivity index (χ2v) is 5.01. The van der Waals surface area contributed by atoms with Gasteiger partial charge in [-0.05, 0) is 26.8 Å². The molecule has 0 aliphatic carbocycles. The quantitative estimate of drug-likeness (QED) is 0.485. The summed E-state index contributed by atoms with van der Waals surface area (Å²) in [5, 5.41) is 16.2. The van der Waals surface area contributed by atoms with Gasteiger partial charge in [0.05, 0.1) is 4.92 Å². The first kappa shape index (κ1) is 15.7. The van der Waals surface area contributed by atoms with Crippen molar-refractivity contribution in [3.63, 3.8) is 0 Å². The highest BCUT2D eigenvalue weighted by molar-refractivity contribution is 5.67. The van der Waals surface area contributed by atoms with Crippen LogP contribution in [0.25, 0.3) is 0 Å². The van der Waals surface area contributed by atoms with Crippen molar-refractivity contribution in [1.29, 1.82) is 0 Å². The van der Waals surface area contributed by atoms with Crippen LogP contribution in [0.2, 0.25) is 0 Å². The third-order valence-electron chi connectivity index (χ3n) is 2.11. The lowest BCUT2D eigenvalue weighted by Gasteiger charge is -2.19. The Morgan fingerprint density at radius 2 is 2.15 bits per heavy atom.